The highest BCUT2D eigenvalue weighted by atomic mass is 19.4. The zero-order chi connectivity index (χ0) is 17.6. The molecule has 0 amide bonds. The molecule has 2 rings (SSSR count). The Bertz CT molecular complexity index is 695. The minimum Gasteiger partial charge on any atom is -0.396 e. The average molecular weight is 337 g/mol. The van der Waals surface area contributed by atoms with Crippen LogP contribution in [0, 0.1) is 6.92 Å². The number of aryl methyl sites for hydroxylation is 1. The van der Waals surface area contributed by atoms with E-state index in [-0.39, 0.29) is 17.3 Å². The number of halogens is 6. The van der Waals surface area contributed by atoms with Crippen LogP contribution in [0.3, 0.4) is 0 Å². The molecule has 0 aliphatic heterocycles. The van der Waals surface area contributed by atoms with Crippen molar-refractivity contribution in [1.82, 2.24) is 9.78 Å². The molecule has 1 heterocycles. The first-order chi connectivity index (χ1) is 10.4. The number of nitrogens with zero attached hydrogens (tertiary/aromatic N) is 2. The second-order valence-corrected chi connectivity index (χ2v) is 5.12. The highest BCUT2D eigenvalue weighted by Crippen LogP contribution is 2.39. The van der Waals surface area contributed by atoms with Crippen LogP contribution in [0.25, 0.3) is 0 Å². The quantitative estimate of drug-likeness (QED) is 0.825. The summed E-state index contributed by atoms with van der Waals surface area (Å²) in [7, 11) is 0. The number of rotatable bonds is 2. The van der Waals surface area contributed by atoms with Crippen LogP contribution in [0.1, 0.15) is 35.3 Å². The van der Waals surface area contributed by atoms with E-state index in [1.807, 2.05) is 0 Å². The molecule has 0 aliphatic rings. The van der Waals surface area contributed by atoms with Crippen molar-refractivity contribution in [3.8, 4) is 0 Å². The molecule has 0 spiro atoms. The maximum Gasteiger partial charge on any atom is 0.416 e. The first-order valence-corrected chi connectivity index (χ1v) is 6.51. The third-order valence-electron chi connectivity index (χ3n) is 3.49. The maximum atomic E-state index is 13.2. The van der Waals surface area contributed by atoms with Gasteiger partial charge in [-0.15, -0.1) is 0 Å². The largest absolute Gasteiger partial charge is 0.416 e. The van der Waals surface area contributed by atoms with Crippen LogP contribution in [0.2, 0.25) is 0 Å². The monoisotopic (exact) mass is 337 g/mol. The van der Waals surface area contributed by atoms with E-state index in [4.69, 9.17) is 5.73 Å². The van der Waals surface area contributed by atoms with Crippen LogP contribution in [0.15, 0.2) is 24.4 Å². The van der Waals surface area contributed by atoms with Crippen molar-refractivity contribution in [3.05, 3.63) is 46.8 Å². The van der Waals surface area contributed by atoms with E-state index < -0.39 is 29.5 Å². The standard InChI is InChI=1S/C14H13F6N3/c1-7-12(21)6-23(22-7)8(2)10-4-3-9(13(15,16)17)5-11(10)14(18,19)20/h3-6,8H,21H2,1-2H3. The first kappa shape index (κ1) is 17.2. The summed E-state index contributed by atoms with van der Waals surface area (Å²) >= 11 is 0. The molecule has 2 N–H and O–H groups in total. The van der Waals surface area contributed by atoms with E-state index >= 15 is 0 Å². The molecule has 1 aromatic heterocycles. The van der Waals surface area contributed by atoms with Crippen LogP contribution in [0.5, 0.6) is 0 Å². The van der Waals surface area contributed by atoms with Gasteiger partial charge in [0.15, 0.2) is 0 Å². The van der Waals surface area contributed by atoms with Gasteiger partial charge in [-0.1, -0.05) is 6.07 Å². The predicted octanol–water partition coefficient (Wildman–Crippen LogP) is 4.42. The predicted molar refractivity (Wildman–Crippen MR) is 71.6 cm³/mol. The van der Waals surface area contributed by atoms with Gasteiger partial charge in [0.1, 0.15) is 0 Å². The van der Waals surface area contributed by atoms with Crippen molar-refractivity contribution in [2.45, 2.75) is 32.2 Å². The molecule has 0 saturated carbocycles. The van der Waals surface area contributed by atoms with Crippen molar-refractivity contribution >= 4 is 5.69 Å². The molecular weight excluding hydrogens is 324 g/mol. The van der Waals surface area contributed by atoms with Crippen LogP contribution in [-0.4, -0.2) is 9.78 Å². The van der Waals surface area contributed by atoms with E-state index in [2.05, 4.69) is 5.10 Å². The van der Waals surface area contributed by atoms with Crippen LogP contribution >= 0.6 is 0 Å². The molecule has 0 bridgehead atoms. The van der Waals surface area contributed by atoms with Gasteiger partial charge < -0.3 is 5.73 Å². The van der Waals surface area contributed by atoms with Gasteiger partial charge in [0.2, 0.25) is 0 Å². The van der Waals surface area contributed by atoms with Crippen LogP contribution in [0.4, 0.5) is 32.0 Å². The van der Waals surface area contributed by atoms with Crippen molar-refractivity contribution in [2.75, 3.05) is 5.73 Å². The molecule has 23 heavy (non-hydrogen) atoms. The third kappa shape index (κ3) is 3.43. The lowest BCUT2D eigenvalue weighted by Gasteiger charge is -2.20. The summed E-state index contributed by atoms with van der Waals surface area (Å²) in [6.45, 7) is 2.99. The zero-order valence-corrected chi connectivity index (χ0v) is 12.1. The summed E-state index contributed by atoms with van der Waals surface area (Å²) in [6, 6.07) is 0.639. The number of alkyl halides is 6. The number of anilines is 1. The Labute approximate surface area is 127 Å². The van der Waals surface area contributed by atoms with Crippen molar-refractivity contribution in [1.29, 1.82) is 0 Å². The van der Waals surface area contributed by atoms with E-state index in [1.54, 1.807) is 6.92 Å². The summed E-state index contributed by atoms with van der Waals surface area (Å²) in [4.78, 5) is 0. The molecule has 0 saturated heterocycles. The van der Waals surface area contributed by atoms with E-state index in [0.29, 0.717) is 11.8 Å². The fourth-order valence-corrected chi connectivity index (χ4v) is 2.18. The van der Waals surface area contributed by atoms with Gasteiger partial charge in [-0.25, -0.2) is 0 Å². The summed E-state index contributed by atoms with van der Waals surface area (Å²) in [6.07, 6.45) is -8.43. The number of nitrogen functional groups attached to an aromatic ring is 1. The van der Waals surface area contributed by atoms with E-state index in [1.165, 1.54) is 17.8 Å². The summed E-state index contributed by atoms with van der Waals surface area (Å²) in [5.41, 5.74) is 3.32. The Hall–Kier alpha value is -2.19. The molecule has 0 aliphatic carbocycles. The Morgan fingerprint density at radius 2 is 1.70 bits per heavy atom. The van der Waals surface area contributed by atoms with E-state index in [0.717, 1.165) is 6.07 Å². The average Bonchev–Trinajstić information content (AvgIpc) is 2.75. The van der Waals surface area contributed by atoms with Crippen molar-refractivity contribution in [2.24, 2.45) is 0 Å². The smallest absolute Gasteiger partial charge is 0.396 e. The Balaban J connectivity index is 2.57. The maximum absolute atomic E-state index is 13.2. The van der Waals surface area contributed by atoms with Crippen LogP contribution < -0.4 is 5.73 Å². The van der Waals surface area contributed by atoms with Gasteiger partial charge in [0.25, 0.3) is 0 Å². The Morgan fingerprint density at radius 3 is 2.13 bits per heavy atom. The minimum atomic E-state index is -4.92. The first-order valence-electron chi connectivity index (χ1n) is 6.51. The van der Waals surface area contributed by atoms with Gasteiger partial charge in [-0.2, -0.15) is 31.4 Å². The number of hydrogen-bond acceptors (Lipinski definition) is 2. The van der Waals surface area contributed by atoms with Crippen molar-refractivity contribution in [3.63, 3.8) is 0 Å². The SMILES string of the molecule is Cc1nn(C(C)c2ccc(C(F)(F)F)cc2C(F)(F)F)cc1N. The highest BCUT2D eigenvalue weighted by molar-refractivity contribution is 5.41. The van der Waals surface area contributed by atoms with Gasteiger partial charge in [0, 0.05) is 6.20 Å². The summed E-state index contributed by atoms with van der Waals surface area (Å²) in [5, 5.41) is 3.98. The lowest BCUT2D eigenvalue weighted by atomic mass is 9.98. The van der Waals surface area contributed by atoms with Gasteiger partial charge >= 0.3 is 12.4 Å². The second kappa shape index (κ2) is 5.47. The molecule has 1 aromatic carbocycles. The molecule has 0 fully saturated rings. The van der Waals surface area contributed by atoms with Gasteiger partial charge in [-0.05, 0) is 31.5 Å². The molecule has 1 unspecified atom stereocenters. The van der Waals surface area contributed by atoms with E-state index in [9.17, 15) is 26.3 Å². The molecule has 126 valence electrons. The molecule has 3 nitrogen and oxygen atoms in total. The van der Waals surface area contributed by atoms with Crippen molar-refractivity contribution < 1.29 is 26.3 Å². The summed E-state index contributed by atoms with van der Waals surface area (Å²) in [5.74, 6) is 0. The number of aromatic nitrogens is 2. The topological polar surface area (TPSA) is 43.8 Å². The Morgan fingerprint density at radius 1 is 1.09 bits per heavy atom. The molecule has 9 heteroatoms. The number of benzene rings is 1. The Kier molecular flexibility index (Phi) is 4.08. The molecule has 2 aromatic rings. The highest BCUT2D eigenvalue weighted by Gasteiger charge is 2.39. The number of nitrogens with two attached hydrogens (primary N) is 1. The normalized spacial score (nSPS) is 14.1. The van der Waals surface area contributed by atoms with Gasteiger partial charge in [-0.3, -0.25) is 4.68 Å². The lowest BCUT2D eigenvalue weighted by molar-refractivity contribution is -0.143. The fraction of sp³-hybridized carbons (Fsp3) is 0.357. The zero-order valence-electron chi connectivity index (χ0n) is 12.1. The molecule has 0 radical (unpaired) electrons. The minimum absolute atomic E-state index is 0.117. The summed E-state index contributed by atoms with van der Waals surface area (Å²) < 4.78 is 78.7. The third-order valence-corrected chi connectivity index (χ3v) is 3.49. The van der Waals surface area contributed by atoms with Gasteiger partial charge in [0.05, 0.1) is 28.6 Å². The molecule has 1 atom stereocenters. The molecular formula is C14H13F6N3. The lowest BCUT2D eigenvalue weighted by Crippen LogP contribution is -2.17. The van der Waals surface area contributed by atoms with Crippen LogP contribution in [-0.2, 0) is 12.4 Å². The second-order valence-electron chi connectivity index (χ2n) is 5.12. The fourth-order valence-electron chi connectivity index (χ4n) is 2.18. The number of hydrogen-bond donors (Lipinski definition) is 1.